The van der Waals surface area contributed by atoms with Gasteiger partial charge in [0.25, 0.3) is 0 Å². The van der Waals surface area contributed by atoms with Crippen LogP contribution in [0.3, 0.4) is 0 Å². The molecule has 3 N–H and O–H groups in total. The van der Waals surface area contributed by atoms with Crippen molar-refractivity contribution in [1.29, 1.82) is 0 Å². The molecule has 3 nitrogen and oxygen atoms in total. The summed E-state index contributed by atoms with van der Waals surface area (Å²) < 4.78 is 13.1. The number of nitrogen functional groups attached to an aromatic ring is 1. The average molecular weight is 284 g/mol. The van der Waals surface area contributed by atoms with Crippen molar-refractivity contribution >= 4 is 17.7 Å². The molecule has 0 fully saturated rings. The molecule has 1 atom stereocenters. The highest BCUT2D eigenvalue weighted by atomic mass is 19.1. The van der Waals surface area contributed by atoms with Crippen LogP contribution in [0.15, 0.2) is 54.6 Å². The number of hydrogen-bond acceptors (Lipinski definition) is 2. The van der Waals surface area contributed by atoms with E-state index in [4.69, 9.17) is 5.73 Å². The van der Waals surface area contributed by atoms with Crippen molar-refractivity contribution in [3.63, 3.8) is 0 Å². The van der Waals surface area contributed by atoms with Crippen molar-refractivity contribution in [1.82, 2.24) is 5.32 Å². The van der Waals surface area contributed by atoms with E-state index in [2.05, 4.69) is 5.32 Å². The lowest BCUT2D eigenvalue weighted by atomic mass is 10.1. The molecule has 1 amide bonds. The highest BCUT2D eigenvalue weighted by Crippen LogP contribution is 2.13. The highest BCUT2D eigenvalue weighted by molar-refractivity contribution is 5.92. The van der Waals surface area contributed by atoms with E-state index in [0.717, 1.165) is 11.1 Å². The van der Waals surface area contributed by atoms with Crippen LogP contribution in [0.2, 0.25) is 0 Å². The molecule has 2 aromatic carbocycles. The lowest BCUT2D eigenvalue weighted by Gasteiger charge is -2.12. The summed E-state index contributed by atoms with van der Waals surface area (Å²) in [5.41, 5.74) is 7.88. The number of nitrogens with two attached hydrogens (primary N) is 1. The third-order valence-corrected chi connectivity index (χ3v) is 3.05. The molecule has 21 heavy (non-hydrogen) atoms. The van der Waals surface area contributed by atoms with Crippen LogP contribution < -0.4 is 11.1 Å². The van der Waals surface area contributed by atoms with E-state index in [9.17, 15) is 9.18 Å². The second-order valence-corrected chi connectivity index (χ2v) is 4.79. The van der Waals surface area contributed by atoms with Gasteiger partial charge in [-0.1, -0.05) is 24.3 Å². The molecule has 0 heterocycles. The fourth-order valence-electron chi connectivity index (χ4n) is 1.96. The maximum absolute atomic E-state index is 13.1. The van der Waals surface area contributed by atoms with Crippen LogP contribution in [0, 0.1) is 5.82 Å². The lowest BCUT2D eigenvalue weighted by molar-refractivity contribution is -0.117. The number of carbonyl (C=O) groups excluding carboxylic acids is 1. The number of anilines is 1. The fourth-order valence-corrected chi connectivity index (χ4v) is 1.96. The molecule has 0 bridgehead atoms. The Kier molecular flexibility index (Phi) is 4.72. The topological polar surface area (TPSA) is 55.1 Å². The number of amides is 1. The van der Waals surface area contributed by atoms with E-state index in [-0.39, 0.29) is 17.8 Å². The summed E-state index contributed by atoms with van der Waals surface area (Å²) in [5, 5.41) is 2.78. The minimum atomic E-state index is -0.316. The summed E-state index contributed by atoms with van der Waals surface area (Å²) in [4.78, 5) is 11.8. The molecule has 0 saturated heterocycles. The standard InChI is InChI=1S/C17H17FN2O/c1-12(14-5-3-6-15(18)11-14)20-17(21)9-8-13-4-2-7-16(19)10-13/h2-12H,19H2,1H3,(H,20,21)/b9-8+/t12-/m0/s1. The highest BCUT2D eigenvalue weighted by Gasteiger charge is 2.07. The van der Waals surface area contributed by atoms with Crippen molar-refractivity contribution < 1.29 is 9.18 Å². The maximum Gasteiger partial charge on any atom is 0.244 e. The molecule has 0 radical (unpaired) electrons. The third kappa shape index (κ3) is 4.45. The zero-order valence-electron chi connectivity index (χ0n) is 11.7. The second kappa shape index (κ2) is 6.70. The molecule has 0 aliphatic rings. The lowest BCUT2D eigenvalue weighted by Crippen LogP contribution is -2.24. The molecule has 2 aromatic rings. The van der Waals surface area contributed by atoms with Gasteiger partial charge in [-0.25, -0.2) is 4.39 Å². The number of hydrogen-bond donors (Lipinski definition) is 2. The van der Waals surface area contributed by atoms with E-state index < -0.39 is 0 Å². The Balaban J connectivity index is 1.98. The van der Waals surface area contributed by atoms with Gasteiger partial charge in [0.05, 0.1) is 6.04 Å². The minimum Gasteiger partial charge on any atom is -0.399 e. The van der Waals surface area contributed by atoms with Crippen LogP contribution >= 0.6 is 0 Å². The summed E-state index contributed by atoms with van der Waals surface area (Å²) in [7, 11) is 0. The van der Waals surface area contributed by atoms with E-state index >= 15 is 0 Å². The van der Waals surface area contributed by atoms with Crippen LogP contribution in [0.25, 0.3) is 6.08 Å². The van der Waals surface area contributed by atoms with Crippen LogP contribution in [0.1, 0.15) is 24.1 Å². The van der Waals surface area contributed by atoms with Crippen LogP contribution in [-0.4, -0.2) is 5.91 Å². The monoisotopic (exact) mass is 284 g/mol. The smallest absolute Gasteiger partial charge is 0.244 e. The van der Waals surface area contributed by atoms with Gasteiger partial charge in [-0.3, -0.25) is 4.79 Å². The van der Waals surface area contributed by atoms with Crippen LogP contribution in [0.4, 0.5) is 10.1 Å². The fraction of sp³-hybridized carbons (Fsp3) is 0.118. The van der Waals surface area contributed by atoms with Crippen molar-refractivity contribution in [2.24, 2.45) is 0 Å². The molecule has 0 spiro atoms. The van der Waals surface area contributed by atoms with Gasteiger partial charge >= 0.3 is 0 Å². The molecule has 0 aromatic heterocycles. The van der Waals surface area contributed by atoms with Crippen LogP contribution in [0.5, 0.6) is 0 Å². The summed E-state index contributed by atoms with van der Waals surface area (Å²) in [5.74, 6) is -0.557. The molecule has 0 unspecified atom stereocenters. The predicted octanol–water partition coefficient (Wildman–Crippen LogP) is 3.30. The molecule has 0 saturated carbocycles. The summed E-state index contributed by atoms with van der Waals surface area (Å²) in [6, 6.07) is 13.1. The Labute approximate surface area is 123 Å². The molecule has 0 aliphatic carbocycles. The number of carbonyl (C=O) groups is 1. The van der Waals surface area contributed by atoms with E-state index in [1.165, 1.54) is 18.2 Å². The third-order valence-electron chi connectivity index (χ3n) is 3.05. The van der Waals surface area contributed by atoms with Gasteiger partial charge in [0.2, 0.25) is 5.91 Å². The number of halogens is 1. The normalized spacial score (nSPS) is 12.3. The SMILES string of the molecule is C[C@H](NC(=O)/C=C/c1cccc(N)c1)c1cccc(F)c1. The predicted molar refractivity (Wildman–Crippen MR) is 82.8 cm³/mol. The Morgan fingerprint density at radius 2 is 2.00 bits per heavy atom. The Hall–Kier alpha value is -2.62. The molecular formula is C17H17FN2O. The van der Waals surface area contributed by atoms with Gasteiger partial charge in [0, 0.05) is 11.8 Å². The first-order valence-electron chi connectivity index (χ1n) is 6.64. The van der Waals surface area contributed by atoms with Gasteiger partial charge in [0.1, 0.15) is 5.82 Å². The van der Waals surface area contributed by atoms with Crippen molar-refractivity contribution in [2.75, 3.05) is 5.73 Å². The summed E-state index contributed by atoms with van der Waals surface area (Å²) in [6.07, 6.45) is 3.12. The second-order valence-electron chi connectivity index (χ2n) is 4.79. The molecule has 4 heteroatoms. The van der Waals surface area contributed by atoms with Gasteiger partial charge in [-0.05, 0) is 48.4 Å². The van der Waals surface area contributed by atoms with Crippen molar-refractivity contribution in [3.8, 4) is 0 Å². The van der Waals surface area contributed by atoms with E-state index in [1.807, 2.05) is 12.1 Å². The Morgan fingerprint density at radius 1 is 1.24 bits per heavy atom. The van der Waals surface area contributed by atoms with E-state index in [1.54, 1.807) is 37.3 Å². The molecule has 0 aliphatic heterocycles. The first-order chi connectivity index (χ1) is 10.0. The molecular weight excluding hydrogens is 267 g/mol. The van der Waals surface area contributed by atoms with Crippen molar-refractivity contribution in [3.05, 3.63) is 71.6 Å². The summed E-state index contributed by atoms with van der Waals surface area (Å²) in [6.45, 7) is 1.81. The zero-order valence-corrected chi connectivity index (χ0v) is 11.7. The van der Waals surface area contributed by atoms with E-state index in [0.29, 0.717) is 5.69 Å². The van der Waals surface area contributed by atoms with Gasteiger partial charge in [-0.2, -0.15) is 0 Å². The largest absolute Gasteiger partial charge is 0.399 e. The maximum atomic E-state index is 13.1. The first kappa shape index (κ1) is 14.8. The number of nitrogens with one attached hydrogen (secondary N) is 1. The molecule has 108 valence electrons. The average Bonchev–Trinajstić information content (AvgIpc) is 2.45. The zero-order chi connectivity index (χ0) is 15.2. The quantitative estimate of drug-likeness (QED) is 0.668. The number of rotatable bonds is 4. The van der Waals surface area contributed by atoms with Gasteiger partial charge in [0.15, 0.2) is 0 Å². The van der Waals surface area contributed by atoms with Crippen LogP contribution in [-0.2, 0) is 4.79 Å². The number of benzene rings is 2. The summed E-state index contributed by atoms with van der Waals surface area (Å²) >= 11 is 0. The van der Waals surface area contributed by atoms with Gasteiger partial charge in [-0.15, -0.1) is 0 Å². The van der Waals surface area contributed by atoms with Crippen molar-refractivity contribution in [2.45, 2.75) is 13.0 Å². The minimum absolute atomic E-state index is 0.241. The Bertz CT molecular complexity index is 667. The first-order valence-corrected chi connectivity index (χ1v) is 6.64. The van der Waals surface area contributed by atoms with Gasteiger partial charge < -0.3 is 11.1 Å². The molecule has 2 rings (SSSR count). The Morgan fingerprint density at radius 3 is 2.71 bits per heavy atom.